The largest absolute Gasteiger partial charge is 0.492 e. The average Bonchev–Trinajstić information content (AvgIpc) is 3.45. The van der Waals surface area contributed by atoms with Crippen LogP contribution in [-0.4, -0.2) is 90.6 Å². The third-order valence-electron chi connectivity index (χ3n) is 8.97. The van der Waals surface area contributed by atoms with Gasteiger partial charge >= 0.3 is 6.03 Å². The Kier molecular flexibility index (Phi) is 10.3. The number of H-pyrrole nitrogens is 1. The maximum Gasteiger partial charge on any atom is 0.318 e. The third-order valence-corrected chi connectivity index (χ3v) is 8.97. The van der Waals surface area contributed by atoms with E-state index in [2.05, 4.69) is 31.5 Å². The van der Waals surface area contributed by atoms with Gasteiger partial charge in [-0.25, -0.2) is 4.79 Å². The van der Waals surface area contributed by atoms with Crippen molar-refractivity contribution in [3.05, 3.63) is 59.8 Å². The minimum absolute atomic E-state index is 0.193. The molecule has 43 heavy (non-hydrogen) atoms. The number of urea groups is 1. The molecule has 0 spiro atoms. The molecule has 2 aliphatic rings. The highest BCUT2D eigenvalue weighted by atomic mass is 16.5. The summed E-state index contributed by atoms with van der Waals surface area (Å²) in [6.07, 6.45) is 8.41. The Morgan fingerprint density at radius 1 is 1.05 bits per heavy atom. The summed E-state index contributed by atoms with van der Waals surface area (Å²) < 4.78 is 5.87. The van der Waals surface area contributed by atoms with E-state index in [-0.39, 0.29) is 17.9 Å². The van der Waals surface area contributed by atoms with Crippen molar-refractivity contribution in [1.29, 1.82) is 0 Å². The number of ether oxygens (including phenoxy) is 1. The molecule has 3 N–H and O–H groups in total. The zero-order chi connectivity index (χ0) is 30.3. The first-order valence-corrected chi connectivity index (χ1v) is 15.9. The summed E-state index contributed by atoms with van der Waals surface area (Å²) in [4.78, 5) is 37.7. The number of hydrogen-bond donors (Lipinski definition) is 3. The standard InChI is InChI=1S/C34H48N6O3/c1-5-43-31-16-15-25(23-38(3)4)21-30(31)36-33(41)32(24(2)28-22-35-29-14-10-9-13-27(28)29)37-34(42)40-19-17-39(18-20-40)26-11-7-6-8-12-26/h9-10,13-16,21-22,24,26,32,35H,5-8,11-12,17-20,23H2,1-4H3,(H,36,41)(H,37,42)/t24-,32-/m1/s1. The van der Waals surface area contributed by atoms with Crippen LogP contribution in [0.25, 0.3) is 10.9 Å². The summed E-state index contributed by atoms with van der Waals surface area (Å²) in [5.74, 6) is 0.0565. The van der Waals surface area contributed by atoms with E-state index in [0.717, 1.165) is 41.7 Å². The molecular formula is C34H48N6O3. The molecule has 1 aromatic heterocycles. The number of carbonyl (C=O) groups is 2. The van der Waals surface area contributed by atoms with Crippen molar-refractivity contribution in [2.75, 3.05) is 52.2 Å². The summed E-state index contributed by atoms with van der Waals surface area (Å²) in [7, 11) is 4.02. The molecule has 1 saturated heterocycles. The second-order valence-electron chi connectivity index (χ2n) is 12.3. The molecule has 2 heterocycles. The predicted molar refractivity (Wildman–Crippen MR) is 173 cm³/mol. The van der Waals surface area contributed by atoms with Gasteiger partial charge in [0.05, 0.1) is 12.3 Å². The quantitative estimate of drug-likeness (QED) is 0.295. The van der Waals surface area contributed by atoms with Gasteiger partial charge in [-0.1, -0.05) is 50.5 Å². The monoisotopic (exact) mass is 588 g/mol. The van der Waals surface area contributed by atoms with Crippen molar-refractivity contribution in [2.45, 2.75) is 70.5 Å². The maximum absolute atomic E-state index is 14.1. The first kappa shape index (κ1) is 30.9. The Morgan fingerprint density at radius 2 is 1.79 bits per heavy atom. The molecule has 2 atom stereocenters. The van der Waals surface area contributed by atoms with Gasteiger partial charge in [0.25, 0.3) is 0 Å². The summed E-state index contributed by atoms with van der Waals surface area (Å²) in [5.41, 5.74) is 3.66. The van der Waals surface area contributed by atoms with Crippen molar-refractivity contribution < 1.29 is 14.3 Å². The van der Waals surface area contributed by atoms with Crippen molar-refractivity contribution in [3.63, 3.8) is 0 Å². The lowest BCUT2D eigenvalue weighted by Crippen LogP contribution is -2.57. The second kappa shape index (κ2) is 14.3. The number of nitrogens with zero attached hydrogens (tertiary/aromatic N) is 3. The number of para-hydroxylation sites is 1. The summed E-state index contributed by atoms with van der Waals surface area (Å²) in [6.45, 7) is 8.23. The van der Waals surface area contributed by atoms with Gasteiger partial charge in [-0.15, -0.1) is 0 Å². The van der Waals surface area contributed by atoms with Gasteiger partial charge in [-0.2, -0.15) is 0 Å². The number of aromatic nitrogens is 1. The lowest BCUT2D eigenvalue weighted by molar-refractivity contribution is -0.118. The van der Waals surface area contributed by atoms with Gasteiger partial charge < -0.3 is 30.2 Å². The van der Waals surface area contributed by atoms with E-state index in [1.165, 1.54) is 32.1 Å². The van der Waals surface area contributed by atoms with Crippen LogP contribution in [0.1, 0.15) is 63.0 Å². The van der Waals surface area contributed by atoms with Gasteiger partial charge in [-0.3, -0.25) is 9.69 Å². The summed E-state index contributed by atoms with van der Waals surface area (Å²) >= 11 is 0. The first-order chi connectivity index (χ1) is 20.8. The number of fused-ring (bicyclic) bond motifs is 1. The van der Waals surface area contributed by atoms with Crippen LogP contribution in [0.5, 0.6) is 5.75 Å². The molecule has 232 valence electrons. The minimum Gasteiger partial charge on any atom is -0.492 e. The van der Waals surface area contributed by atoms with Crippen LogP contribution in [0.15, 0.2) is 48.7 Å². The van der Waals surface area contributed by atoms with E-state index in [9.17, 15) is 9.59 Å². The number of hydrogen-bond acceptors (Lipinski definition) is 5. The van der Waals surface area contributed by atoms with Crippen LogP contribution in [0.2, 0.25) is 0 Å². The van der Waals surface area contributed by atoms with E-state index < -0.39 is 6.04 Å². The molecule has 0 radical (unpaired) electrons. The fraction of sp³-hybridized carbons (Fsp3) is 0.529. The van der Waals surface area contributed by atoms with Gasteiger partial charge in [0, 0.05) is 61.8 Å². The van der Waals surface area contributed by atoms with Crippen LogP contribution in [0, 0.1) is 0 Å². The molecule has 9 nitrogen and oxygen atoms in total. The summed E-state index contributed by atoms with van der Waals surface area (Å²) in [6, 6.07) is 13.6. The first-order valence-electron chi connectivity index (χ1n) is 15.9. The molecule has 0 bridgehead atoms. The Balaban J connectivity index is 1.36. The fourth-order valence-electron chi connectivity index (χ4n) is 6.66. The molecule has 1 aliphatic heterocycles. The van der Waals surface area contributed by atoms with Crippen molar-refractivity contribution in [2.24, 2.45) is 0 Å². The van der Waals surface area contributed by atoms with Gasteiger partial charge in [0.1, 0.15) is 11.8 Å². The Bertz CT molecular complexity index is 1370. The second-order valence-corrected chi connectivity index (χ2v) is 12.3. The van der Waals surface area contributed by atoms with E-state index in [0.29, 0.717) is 37.2 Å². The Hall–Kier alpha value is -3.56. The fourth-order valence-corrected chi connectivity index (χ4v) is 6.66. The molecule has 1 aliphatic carbocycles. The van der Waals surface area contributed by atoms with Gasteiger partial charge in [0.15, 0.2) is 0 Å². The lowest BCUT2D eigenvalue weighted by atomic mass is 9.92. The molecule has 0 unspecified atom stereocenters. The zero-order valence-corrected chi connectivity index (χ0v) is 26.2. The molecule has 1 saturated carbocycles. The van der Waals surface area contributed by atoms with Crippen LogP contribution in [0.4, 0.5) is 10.5 Å². The molecule has 2 fully saturated rings. The van der Waals surface area contributed by atoms with Crippen molar-refractivity contribution in [1.82, 2.24) is 25.0 Å². The highest BCUT2D eigenvalue weighted by molar-refractivity contribution is 5.99. The number of anilines is 1. The van der Waals surface area contributed by atoms with E-state index in [4.69, 9.17) is 4.74 Å². The minimum atomic E-state index is -0.796. The normalized spacial score (nSPS) is 18.0. The molecular weight excluding hydrogens is 540 g/mol. The maximum atomic E-state index is 14.1. The molecule has 3 amide bonds. The number of amides is 3. The van der Waals surface area contributed by atoms with Crippen LogP contribution < -0.4 is 15.4 Å². The van der Waals surface area contributed by atoms with Crippen LogP contribution in [-0.2, 0) is 11.3 Å². The Labute approximate surface area is 255 Å². The third kappa shape index (κ3) is 7.51. The van der Waals surface area contributed by atoms with Gasteiger partial charge in [0.2, 0.25) is 5.91 Å². The highest BCUT2D eigenvalue weighted by Gasteiger charge is 2.33. The highest BCUT2D eigenvalue weighted by Crippen LogP contribution is 2.31. The van der Waals surface area contributed by atoms with Crippen molar-refractivity contribution in [3.8, 4) is 5.75 Å². The molecule has 2 aromatic carbocycles. The van der Waals surface area contributed by atoms with E-state index in [1.54, 1.807) is 0 Å². The molecule has 5 rings (SSSR count). The number of piperazine rings is 1. The van der Waals surface area contributed by atoms with Crippen molar-refractivity contribution >= 4 is 28.5 Å². The number of aromatic amines is 1. The lowest BCUT2D eigenvalue weighted by Gasteiger charge is -2.41. The summed E-state index contributed by atoms with van der Waals surface area (Å²) in [5, 5.41) is 7.32. The molecule has 9 heteroatoms. The van der Waals surface area contributed by atoms with Crippen LogP contribution in [0.3, 0.4) is 0 Å². The number of carbonyl (C=O) groups excluding carboxylic acids is 2. The number of rotatable bonds is 10. The average molecular weight is 589 g/mol. The van der Waals surface area contributed by atoms with E-state index >= 15 is 0 Å². The van der Waals surface area contributed by atoms with Crippen LogP contribution >= 0.6 is 0 Å². The SMILES string of the molecule is CCOc1ccc(CN(C)C)cc1NC(=O)[C@H](NC(=O)N1CCN(C2CCCCC2)CC1)[C@H](C)c1c[nH]c2ccccc12. The topological polar surface area (TPSA) is 92.9 Å². The zero-order valence-electron chi connectivity index (χ0n) is 26.2. The van der Waals surface area contributed by atoms with E-state index in [1.807, 2.05) is 75.4 Å². The molecule has 3 aromatic rings. The Morgan fingerprint density at radius 3 is 2.51 bits per heavy atom. The van der Waals surface area contributed by atoms with Gasteiger partial charge in [-0.05, 0) is 63.2 Å². The predicted octanol–water partition coefficient (Wildman–Crippen LogP) is 5.40. The number of nitrogens with one attached hydrogen (secondary N) is 3. The smallest absolute Gasteiger partial charge is 0.318 e. The number of benzene rings is 2.